The maximum Gasteiger partial charge on any atom is 0.254 e. The van der Waals surface area contributed by atoms with Gasteiger partial charge in [-0.1, -0.05) is 0 Å². The molecular formula is C17H21FN6O2S. The number of rotatable bonds is 4. The summed E-state index contributed by atoms with van der Waals surface area (Å²) in [5.74, 6) is 0.221. The predicted molar refractivity (Wildman–Crippen MR) is 103 cm³/mol. The topological polar surface area (TPSA) is 116 Å². The Balaban J connectivity index is 1.79. The molecule has 0 bridgehead atoms. The lowest BCUT2D eigenvalue weighted by Gasteiger charge is -2.43. The molecule has 3 rings (SSSR count). The molecule has 27 heavy (non-hydrogen) atoms. The lowest BCUT2D eigenvalue weighted by atomic mass is 10.0. The molecule has 0 spiro atoms. The van der Waals surface area contributed by atoms with Crippen LogP contribution in [-0.4, -0.2) is 69.4 Å². The van der Waals surface area contributed by atoms with E-state index in [-0.39, 0.29) is 37.2 Å². The number of aliphatic hydroxyl groups excluding tert-OH is 1. The van der Waals surface area contributed by atoms with Crippen LogP contribution in [0.5, 0.6) is 0 Å². The Labute approximate surface area is 160 Å². The fourth-order valence-electron chi connectivity index (χ4n) is 3.10. The van der Waals surface area contributed by atoms with E-state index in [0.717, 1.165) is 5.84 Å². The second-order valence-electron chi connectivity index (χ2n) is 6.24. The largest absolute Gasteiger partial charge is 0.396 e. The zero-order chi connectivity index (χ0) is 19.6. The molecule has 10 heteroatoms. The van der Waals surface area contributed by atoms with Gasteiger partial charge in [-0.2, -0.15) is 0 Å². The SMILES string of the molecule is CC1=NC(C(=N)N2CCN(C(=O)c3ccc(F)cc3)C(CCO)C2=N)SN1. The first-order valence-electron chi connectivity index (χ1n) is 8.50. The summed E-state index contributed by atoms with van der Waals surface area (Å²) < 4.78 is 16.1. The van der Waals surface area contributed by atoms with Gasteiger partial charge in [-0.3, -0.25) is 15.6 Å². The Morgan fingerprint density at radius 3 is 2.70 bits per heavy atom. The van der Waals surface area contributed by atoms with Gasteiger partial charge in [-0.05, 0) is 49.6 Å². The molecular weight excluding hydrogens is 371 g/mol. The number of carbonyl (C=O) groups is 1. The van der Waals surface area contributed by atoms with Crippen molar-refractivity contribution in [2.45, 2.75) is 24.8 Å². The van der Waals surface area contributed by atoms with Crippen LogP contribution in [0.25, 0.3) is 0 Å². The standard InChI is InChI=1S/C17H21FN6O2S/c1-10-21-16(27-22-10)15(20)24-8-7-23(13(6-9-25)14(24)19)17(26)11-2-4-12(18)5-3-11/h2-5,13,16,19-20,25H,6-9H2,1H3,(H,21,22). The lowest BCUT2D eigenvalue weighted by Crippen LogP contribution is -2.61. The van der Waals surface area contributed by atoms with E-state index >= 15 is 0 Å². The number of aliphatic hydroxyl groups is 1. The highest BCUT2D eigenvalue weighted by atomic mass is 32.2. The molecule has 0 aliphatic carbocycles. The maximum absolute atomic E-state index is 13.1. The number of hydrogen-bond donors (Lipinski definition) is 4. The predicted octanol–water partition coefficient (Wildman–Crippen LogP) is 1.28. The third-order valence-corrected chi connectivity index (χ3v) is 5.42. The molecule has 8 nitrogen and oxygen atoms in total. The van der Waals surface area contributed by atoms with Crippen LogP contribution in [0.1, 0.15) is 23.7 Å². The Kier molecular flexibility index (Phi) is 5.76. The molecule has 1 saturated heterocycles. The van der Waals surface area contributed by atoms with Crippen molar-refractivity contribution >= 4 is 35.4 Å². The number of benzene rings is 1. The average molecular weight is 392 g/mol. The number of halogens is 1. The molecule has 2 unspecified atom stereocenters. The molecule has 0 aromatic heterocycles. The van der Waals surface area contributed by atoms with E-state index in [2.05, 4.69) is 9.71 Å². The summed E-state index contributed by atoms with van der Waals surface area (Å²) in [5, 5.41) is 25.9. The van der Waals surface area contributed by atoms with Crippen molar-refractivity contribution < 1.29 is 14.3 Å². The molecule has 1 amide bonds. The van der Waals surface area contributed by atoms with Gasteiger partial charge in [0.05, 0.1) is 6.04 Å². The van der Waals surface area contributed by atoms with Crippen molar-refractivity contribution in [3.8, 4) is 0 Å². The fraction of sp³-hybridized carbons (Fsp3) is 0.412. The maximum atomic E-state index is 13.1. The van der Waals surface area contributed by atoms with Crippen LogP contribution in [0, 0.1) is 16.6 Å². The van der Waals surface area contributed by atoms with E-state index in [1.165, 1.54) is 46.0 Å². The quantitative estimate of drug-likeness (QED) is 0.350. The molecule has 2 aliphatic rings. The molecule has 0 radical (unpaired) electrons. The first-order chi connectivity index (χ1) is 12.9. The van der Waals surface area contributed by atoms with Crippen molar-refractivity contribution in [1.82, 2.24) is 14.5 Å². The Hall–Kier alpha value is -2.46. The number of nitrogens with zero attached hydrogens (tertiary/aromatic N) is 3. The van der Waals surface area contributed by atoms with Crippen LogP contribution in [-0.2, 0) is 0 Å². The fourth-order valence-corrected chi connectivity index (χ4v) is 3.88. The number of aliphatic imine (C=N–C) groups is 1. The van der Waals surface area contributed by atoms with E-state index in [1.54, 1.807) is 6.92 Å². The number of piperazine rings is 1. The van der Waals surface area contributed by atoms with Crippen LogP contribution >= 0.6 is 11.9 Å². The first kappa shape index (κ1) is 19.3. The molecule has 1 aromatic carbocycles. The van der Waals surface area contributed by atoms with Gasteiger partial charge in [-0.15, -0.1) is 0 Å². The van der Waals surface area contributed by atoms with E-state index in [4.69, 9.17) is 10.8 Å². The summed E-state index contributed by atoms with van der Waals surface area (Å²) in [6, 6.07) is 4.59. The van der Waals surface area contributed by atoms with Crippen molar-refractivity contribution in [3.05, 3.63) is 35.6 Å². The molecule has 4 N–H and O–H groups in total. The van der Waals surface area contributed by atoms with E-state index in [1.807, 2.05) is 0 Å². The van der Waals surface area contributed by atoms with Crippen LogP contribution < -0.4 is 4.72 Å². The minimum atomic E-state index is -0.661. The van der Waals surface area contributed by atoms with E-state index in [9.17, 15) is 14.3 Å². The molecule has 1 fully saturated rings. The smallest absolute Gasteiger partial charge is 0.254 e. The van der Waals surface area contributed by atoms with Gasteiger partial charge >= 0.3 is 0 Å². The van der Waals surface area contributed by atoms with E-state index in [0.29, 0.717) is 12.1 Å². The minimum Gasteiger partial charge on any atom is -0.396 e. The highest BCUT2D eigenvalue weighted by Crippen LogP contribution is 2.23. The highest BCUT2D eigenvalue weighted by molar-refractivity contribution is 7.99. The van der Waals surface area contributed by atoms with Gasteiger partial charge < -0.3 is 19.6 Å². The molecule has 2 atom stereocenters. The minimum absolute atomic E-state index is 0.0797. The van der Waals surface area contributed by atoms with Gasteiger partial charge in [0.25, 0.3) is 5.91 Å². The van der Waals surface area contributed by atoms with Crippen molar-refractivity contribution in [2.75, 3.05) is 19.7 Å². The monoisotopic (exact) mass is 392 g/mol. The molecule has 1 aromatic rings. The molecule has 2 heterocycles. The zero-order valence-electron chi connectivity index (χ0n) is 14.8. The summed E-state index contributed by atoms with van der Waals surface area (Å²) >= 11 is 1.29. The average Bonchev–Trinajstić information content (AvgIpc) is 3.09. The molecule has 144 valence electrons. The first-order valence-corrected chi connectivity index (χ1v) is 9.38. The Bertz CT molecular complexity index is 784. The third-order valence-electron chi connectivity index (χ3n) is 4.46. The number of hydrogen-bond acceptors (Lipinski definition) is 7. The lowest BCUT2D eigenvalue weighted by molar-refractivity contribution is 0.0663. The summed E-state index contributed by atoms with van der Waals surface area (Å²) in [5.41, 5.74) is 0.325. The van der Waals surface area contributed by atoms with Crippen LogP contribution in [0.15, 0.2) is 29.3 Å². The summed E-state index contributed by atoms with van der Waals surface area (Å²) in [4.78, 5) is 20.2. The number of amides is 1. The van der Waals surface area contributed by atoms with Crippen molar-refractivity contribution in [2.24, 2.45) is 4.99 Å². The number of nitrogens with one attached hydrogen (secondary N) is 3. The van der Waals surface area contributed by atoms with Crippen LogP contribution in [0.4, 0.5) is 4.39 Å². The molecule has 0 saturated carbocycles. The van der Waals surface area contributed by atoms with Gasteiger partial charge in [0.1, 0.15) is 23.3 Å². The van der Waals surface area contributed by atoms with Gasteiger partial charge in [0, 0.05) is 25.3 Å². The normalized spacial score (nSPS) is 22.5. The zero-order valence-corrected chi connectivity index (χ0v) is 15.6. The second-order valence-corrected chi connectivity index (χ2v) is 7.13. The summed E-state index contributed by atoms with van der Waals surface area (Å²) in [6.07, 6.45) is 0.188. The van der Waals surface area contributed by atoms with Crippen LogP contribution in [0.3, 0.4) is 0 Å². The number of amidine groups is 3. The van der Waals surface area contributed by atoms with Crippen LogP contribution in [0.2, 0.25) is 0 Å². The summed E-state index contributed by atoms with van der Waals surface area (Å²) in [6.45, 7) is 2.19. The van der Waals surface area contributed by atoms with Gasteiger partial charge in [-0.25, -0.2) is 9.38 Å². The van der Waals surface area contributed by atoms with Crippen molar-refractivity contribution in [1.29, 1.82) is 10.8 Å². The van der Waals surface area contributed by atoms with Gasteiger partial charge in [0.15, 0.2) is 5.37 Å². The number of carbonyl (C=O) groups excluding carboxylic acids is 1. The second kappa shape index (κ2) is 8.05. The highest BCUT2D eigenvalue weighted by Gasteiger charge is 2.38. The Morgan fingerprint density at radius 1 is 1.41 bits per heavy atom. The Morgan fingerprint density at radius 2 is 2.11 bits per heavy atom. The summed E-state index contributed by atoms with van der Waals surface area (Å²) in [7, 11) is 0. The third kappa shape index (κ3) is 3.96. The van der Waals surface area contributed by atoms with Crippen molar-refractivity contribution in [3.63, 3.8) is 0 Å². The van der Waals surface area contributed by atoms with Gasteiger partial charge in [0.2, 0.25) is 0 Å². The van der Waals surface area contributed by atoms with E-state index < -0.39 is 17.2 Å². The molecule has 2 aliphatic heterocycles.